The van der Waals surface area contributed by atoms with E-state index >= 15 is 0 Å². The van der Waals surface area contributed by atoms with Crippen LogP contribution < -0.4 is 5.32 Å². The molecule has 6 heteroatoms. The van der Waals surface area contributed by atoms with Crippen molar-refractivity contribution >= 4 is 5.69 Å². The lowest BCUT2D eigenvalue weighted by Gasteiger charge is -2.09. The summed E-state index contributed by atoms with van der Waals surface area (Å²) in [5, 5.41) is 2.32. The molecule has 0 atom stereocenters. The molecule has 0 aliphatic rings. The van der Waals surface area contributed by atoms with Gasteiger partial charge in [-0.2, -0.15) is 0 Å². The maximum atomic E-state index is 13.3. The molecule has 100 valence electrons. The molecule has 0 saturated heterocycles. The van der Waals surface area contributed by atoms with Gasteiger partial charge in [-0.1, -0.05) is 6.07 Å². The first-order chi connectivity index (χ1) is 9.00. The lowest BCUT2D eigenvalue weighted by molar-refractivity contribution is 0.448. The van der Waals surface area contributed by atoms with Gasteiger partial charge in [0.1, 0.15) is 11.6 Å². The van der Waals surface area contributed by atoms with E-state index in [2.05, 4.69) is 5.32 Å². The highest BCUT2D eigenvalue weighted by molar-refractivity contribution is 5.46. The molecule has 0 radical (unpaired) electrons. The lowest BCUT2D eigenvalue weighted by Crippen LogP contribution is -2.07. The van der Waals surface area contributed by atoms with Crippen molar-refractivity contribution in [2.24, 2.45) is 0 Å². The SMILES string of the molecule is Fc1ccc(NCc2c(F)cccc2F)c(F)c1F. The van der Waals surface area contributed by atoms with Crippen molar-refractivity contribution in [1.29, 1.82) is 0 Å². The van der Waals surface area contributed by atoms with Gasteiger partial charge in [-0.25, -0.2) is 22.0 Å². The summed E-state index contributed by atoms with van der Waals surface area (Å²) in [6.45, 7) is -0.388. The quantitative estimate of drug-likeness (QED) is 0.658. The summed E-state index contributed by atoms with van der Waals surface area (Å²) < 4.78 is 65.5. The lowest BCUT2D eigenvalue weighted by atomic mass is 10.2. The molecular weight excluding hydrogens is 265 g/mol. The van der Waals surface area contributed by atoms with Crippen LogP contribution in [0.5, 0.6) is 0 Å². The monoisotopic (exact) mass is 273 g/mol. The van der Waals surface area contributed by atoms with Gasteiger partial charge in [0.25, 0.3) is 0 Å². The fourth-order valence-electron chi connectivity index (χ4n) is 1.55. The topological polar surface area (TPSA) is 12.0 Å². The van der Waals surface area contributed by atoms with Gasteiger partial charge < -0.3 is 5.32 Å². The molecule has 2 rings (SSSR count). The first-order valence-electron chi connectivity index (χ1n) is 5.31. The van der Waals surface area contributed by atoms with E-state index in [-0.39, 0.29) is 17.8 Å². The van der Waals surface area contributed by atoms with E-state index in [0.29, 0.717) is 0 Å². The highest BCUT2D eigenvalue weighted by atomic mass is 19.2. The molecular formula is C13H8F5N. The van der Waals surface area contributed by atoms with E-state index < -0.39 is 29.1 Å². The minimum absolute atomic E-state index is 0.313. The molecule has 0 aromatic heterocycles. The average molecular weight is 273 g/mol. The molecule has 0 heterocycles. The number of anilines is 1. The van der Waals surface area contributed by atoms with Crippen molar-refractivity contribution < 1.29 is 22.0 Å². The van der Waals surface area contributed by atoms with Crippen molar-refractivity contribution in [2.75, 3.05) is 5.32 Å². The van der Waals surface area contributed by atoms with Crippen LogP contribution >= 0.6 is 0 Å². The summed E-state index contributed by atoms with van der Waals surface area (Å²) in [5.41, 5.74) is -0.687. The van der Waals surface area contributed by atoms with Crippen LogP contribution in [0.15, 0.2) is 30.3 Å². The molecule has 0 aliphatic carbocycles. The Bertz CT molecular complexity index is 592. The van der Waals surface area contributed by atoms with Crippen molar-refractivity contribution in [2.45, 2.75) is 6.54 Å². The van der Waals surface area contributed by atoms with E-state index in [9.17, 15) is 22.0 Å². The Balaban J connectivity index is 2.22. The summed E-state index contributed by atoms with van der Waals surface area (Å²) in [7, 11) is 0. The standard InChI is InChI=1S/C13H8F5N/c14-8-2-1-3-9(15)7(8)6-19-11-5-4-10(16)12(17)13(11)18/h1-5,19H,6H2. The van der Waals surface area contributed by atoms with Crippen LogP contribution in [-0.2, 0) is 6.54 Å². The molecule has 0 unspecified atom stereocenters. The second kappa shape index (κ2) is 5.26. The molecule has 1 N–H and O–H groups in total. The minimum atomic E-state index is -1.64. The number of hydrogen-bond acceptors (Lipinski definition) is 1. The van der Waals surface area contributed by atoms with Crippen molar-refractivity contribution in [1.82, 2.24) is 0 Å². The summed E-state index contributed by atoms with van der Waals surface area (Å²) >= 11 is 0. The van der Waals surface area contributed by atoms with Crippen molar-refractivity contribution in [3.05, 3.63) is 65.0 Å². The molecule has 19 heavy (non-hydrogen) atoms. The van der Waals surface area contributed by atoms with Crippen LogP contribution in [-0.4, -0.2) is 0 Å². The molecule has 2 aromatic carbocycles. The summed E-state index contributed by atoms with van der Waals surface area (Å²) in [4.78, 5) is 0. The van der Waals surface area contributed by atoms with Gasteiger partial charge in [-0.15, -0.1) is 0 Å². The van der Waals surface area contributed by atoms with E-state index in [1.54, 1.807) is 0 Å². The Morgan fingerprint density at radius 1 is 0.737 bits per heavy atom. The second-order valence-electron chi connectivity index (χ2n) is 3.78. The Hall–Kier alpha value is -2.11. The zero-order chi connectivity index (χ0) is 14.0. The number of rotatable bonds is 3. The normalized spacial score (nSPS) is 10.6. The predicted molar refractivity (Wildman–Crippen MR) is 60.0 cm³/mol. The van der Waals surface area contributed by atoms with Gasteiger partial charge in [-0.3, -0.25) is 0 Å². The van der Waals surface area contributed by atoms with Gasteiger partial charge in [0.15, 0.2) is 17.5 Å². The van der Waals surface area contributed by atoms with Crippen LogP contribution in [0, 0.1) is 29.1 Å². The second-order valence-corrected chi connectivity index (χ2v) is 3.78. The van der Waals surface area contributed by atoms with Gasteiger partial charge >= 0.3 is 0 Å². The van der Waals surface area contributed by atoms with E-state index in [1.165, 1.54) is 6.07 Å². The Morgan fingerprint density at radius 2 is 1.37 bits per heavy atom. The summed E-state index contributed by atoms with van der Waals surface area (Å²) in [5.74, 6) is -6.03. The highest BCUT2D eigenvalue weighted by Gasteiger charge is 2.14. The number of hydrogen-bond donors (Lipinski definition) is 1. The van der Waals surface area contributed by atoms with Crippen molar-refractivity contribution in [3.8, 4) is 0 Å². The van der Waals surface area contributed by atoms with Gasteiger partial charge in [0.05, 0.1) is 5.69 Å². The van der Waals surface area contributed by atoms with Crippen LogP contribution in [0.2, 0.25) is 0 Å². The van der Waals surface area contributed by atoms with Crippen LogP contribution in [0.4, 0.5) is 27.6 Å². The van der Waals surface area contributed by atoms with E-state index in [4.69, 9.17) is 0 Å². The zero-order valence-electron chi connectivity index (χ0n) is 9.48. The predicted octanol–water partition coefficient (Wildman–Crippen LogP) is 3.99. The first-order valence-corrected chi connectivity index (χ1v) is 5.31. The zero-order valence-corrected chi connectivity index (χ0v) is 9.48. The van der Waals surface area contributed by atoms with Gasteiger partial charge in [-0.05, 0) is 24.3 Å². The smallest absolute Gasteiger partial charge is 0.196 e. The third kappa shape index (κ3) is 2.67. The highest BCUT2D eigenvalue weighted by Crippen LogP contribution is 2.21. The number of nitrogens with one attached hydrogen (secondary N) is 1. The fourth-order valence-corrected chi connectivity index (χ4v) is 1.55. The third-order valence-corrected chi connectivity index (χ3v) is 2.55. The Kier molecular flexibility index (Phi) is 3.69. The van der Waals surface area contributed by atoms with Crippen LogP contribution in [0.25, 0.3) is 0 Å². The molecule has 1 nitrogen and oxygen atoms in total. The summed E-state index contributed by atoms with van der Waals surface area (Å²) in [6, 6.07) is 4.95. The summed E-state index contributed by atoms with van der Waals surface area (Å²) in [6.07, 6.45) is 0. The van der Waals surface area contributed by atoms with E-state index in [0.717, 1.165) is 24.3 Å². The molecule has 0 amide bonds. The van der Waals surface area contributed by atoms with E-state index in [1.807, 2.05) is 0 Å². The van der Waals surface area contributed by atoms with Crippen LogP contribution in [0.3, 0.4) is 0 Å². The minimum Gasteiger partial charge on any atom is -0.378 e. The van der Waals surface area contributed by atoms with Gasteiger partial charge in [0.2, 0.25) is 0 Å². The molecule has 2 aromatic rings. The Morgan fingerprint density at radius 3 is 2.00 bits per heavy atom. The molecule has 0 bridgehead atoms. The molecule has 0 saturated carbocycles. The number of halogens is 5. The molecule has 0 aliphatic heterocycles. The first kappa shape index (κ1) is 13.3. The van der Waals surface area contributed by atoms with Crippen molar-refractivity contribution in [3.63, 3.8) is 0 Å². The largest absolute Gasteiger partial charge is 0.378 e. The molecule has 0 spiro atoms. The maximum absolute atomic E-state index is 13.3. The third-order valence-electron chi connectivity index (χ3n) is 2.55. The Labute approximate surface area is 105 Å². The average Bonchev–Trinajstić information content (AvgIpc) is 2.38. The number of benzene rings is 2. The van der Waals surface area contributed by atoms with Crippen LogP contribution in [0.1, 0.15) is 5.56 Å². The molecule has 0 fully saturated rings. The fraction of sp³-hybridized carbons (Fsp3) is 0.0769. The van der Waals surface area contributed by atoms with Gasteiger partial charge in [0, 0.05) is 12.1 Å². The maximum Gasteiger partial charge on any atom is 0.196 e.